The van der Waals surface area contributed by atoms with Gasteiger partial charge in [0.05, 0.1) is 23.3 Å². The molecule has 0 N–H and O–H groups in total. The number of aromatic nitrogens is 4. The van der Waals surface area contributed by atoms with Gasteiger partial charge in [0.1, 0.15) is 5.82 Å². The summed E-state index contributed by atoms with van der Waals surface area (Å²) in [5.74, 6) is -4.10. The number of rotatable bonds is 3. The first-order valence-corrected chi connectivity index (χ1v) is 9.95. The molecule has 0 aliphatic heterocycles. The van der Waals surface area contributed by atoms with E-state index in [1.165, 1.54) is 6.20 Å². The molecule has 0 saturated carbocycles. The van der Waals surface area contributed by atoms with E-state index in [4.69, 9.17) is 5.26 Å². The van der Waals surface area contributed by atoms with Gasteiger partial charge in [0.25, 0.3) is 0 Å². The second-order valence-corrected chi connectivity index (χ2v) is 6.89. The molecule has 0 saturated heterocycles. The molecule has 35 heavy (non-hydrogen) atoms. The van der Waals surface area contributed by atoms with Crippen LogP contribution < -0.4 is 5.10 Å². The largest absolute Gasteiger partial charge is 0.573 e. The summed E-state index contributed by atoms with van der Waals surface area (Å²) in [6.07, 6.45) is 3.20. The van der Waals surface area contributed by atoms with Crippen LogP contribution in [0.2, 0.25) is 0 Å². The van der Waals surface area contributed by atoms with E-state index in [1.54, 1.807) is 36.5 Å². The monoisotopic (exact) mass is 646 g/mol. The molecule has 0 amide bonds. The molecule has 0 atom stereocenters. The van der Waals surface area contributed by atoms with Crippen LogP contribution in [0, 0.1) is 34.8 Å². The fourth-order valence-corrected chi connectivity index (χ4v) is 2.96. The van der Waals surface area contributed by atoms with E-state index in [2.05, 4.69) is 32.3 Å². The molecule has 3 heterocycles. The third-order valence-corrected chi connectivity index (χ3v) is 4.63. The number of benzene rings is 2. The molecule has 2 aromatic carbocycles. The summed E-state index contributed by atoms with van der Waals surface area (Å²) >= 11 is 0. The Morgan fingerprint density at radius 2 is 1.46 bits per heavy atom. The Balaban J connectivity index is 0.000000195. The van der Waals surface area contributed by atoms with Gasteiger partial charge in [0.2, 0.25) is 0 Å². The quantitative estimate of drug-likeness (QED) is 0.189. The Hall–Kier alpha value is -4.12. The third kappa shape index (κ3) is 6.27. The molecular weight excluding hydrogens is 632 g/mol. The van der Waals surface area contributed by atoms with Crippen LogP contribution in [0.1, 0.15) is 5.56 Å². The Bertz CT molecular complexity index is 1410. The van der Waals surface area contributed by atoms with Crippen LogP contribution in [0.5, 0.6) is 0 Å². The summed E-state index contributed by atoms with van der Waals surface area (Å²) in [5, 5.41) is 17.0. The maximum atomic E-state index is 12.9. The second-order valence-electron chi connectivity index (χ2n) is 6.89. The second kappa shape index (κ2) is 11.8. The van der Waals surface area contributed by atoms with Gasteiger partial charge in [-0.05, 0) is 47.7 Å². The van der Waals surface area contributed by atoms with Crippen molar-refractivity contribution in [3.63, 3.8) is 0 Å². The van der Waals surface area contributed by atoms with Crippen molar-refractivity contribution in [3.8, 4) is 40.0 Å². The Morgan fingerprint density at radius 1 is 0.800 bits per heavy atom. The number of pyridine rings is 2. The fourth-order valence-electron chi connectivity index (χ4n) is 2.96. The maximum Gasteiger partial charge on any atom is 0.108 e. The molecule has 5 rings (SSSR count). The normalized spacial score (nSPS) is 9.89. The Morgan fingerprint density at radius 3 is 2.03 bits per heavy atom. The zero-order valence-corrected chi connectivity index (χ0v) is 20.2. The number of halogens is 3. The summed E-state index contributed by atoms with van der Waals surface area (Å²) in [6.45, 7) is 0. The predicted molar refractivity (Wildman–Crippen MR) is 119 cm³/mol. The van der Waals surface area contributed by atoms with Gasteiger partial charge in [0, 0.05) is 43.9 Å². The van der Waals surface area contributed by atoms with Gasteiger partial charge in [-0.3, -0.25) is 9.37 Å². The molecule has 0 spiro atoms. The van der Waals surface area contributed by atoms with Crippen LogP contribution in [0.25, 0.3) is 33.9 Å². The standard InChI is InChI=1S/C15H9N4.C11H5F3N.Ir/c16-10-11-4-6-12(7-5-11)14-9-15(19-18-14)13-3-1-2-8-17-13;12-8-5-7(6-9(13)11(8)14)10-3-1-2-4-15-10;/h1-9H;1-5H;/q2*-1;. The van der Waals surface area contributed by atoms with Crippen molar-refractivity contribution < 1.29 is 33.3 Å². The number of nitriles is 1. The van der Waals surface area contributed by atoms with E-state index in [0.717, 1.165) is 28.7 Å². The third-order valence-electron chi connectivity index (χ3n) is 4.63. The first kappa shape index (κ1) is 25.5. The minimum atomic E-state index is -1.52. The van der Waals surface area contributed by atoms with Crippen molar-refractivity contribution in [2.45, 2.75) is 0 Å². The molecule has 5 aromatic rings. The van der Waals surface area contributed by atoms with Gasteiger partial charge in [0.15, 0.2) is 0 Å². The molecule has 0 aliphatic carbocycles. The van der Waals surface area contributed by atoms with E-state index in [-0.39, 0.29) is 25.7 Å². The Kier molecular flexibility index (Phi) is 8.63. The van der Waals surface area contributed by atoms with Gasteiger partial charge in [-0.15, -0.1) is 17.7 Å². The summed E-state index contributed by atoms with van der Waals surface area (Å²) in [4.78, 5) is 8.11. The van der Waals surface area contributed by atoms with Crippen LogP contribution in [-0.2, 0) is 20.1 Å². The van der Waals surface area contributed by atoms with Gasteiger partial charge in [-0.25, -0.2) is 8.78 Å². The summed E-state index contributed by atoms with van der Waals surface area (Å²) in [5.41, 5.74) is 4.34. The van der Waals surface area contributed by atoms with Crippen LogP contribution in [0.4, 0.5) is 13.2 Å². The maximum absolute atomic E-state index is 12.9. The summed E-state index contributed by atoms with van der Waals surface area (Å²) in [6, 6.07) is 24.8. The van der Waals surface area contributed by atoms with Crippen molar-refractivity contribution in [1.82, 2.24) is 20.2 Å². The van der Waals surface area contributed by atoms with Crippen molar-refractivity contribution in [2.75, 3.05) is 0 Å². The molecule has 3 aromatic heterocycles. The number of hydrogen-bond acceptors (Lipinski definition) is 4. The van der Waals surface area contributed by atoms with Gasteiger partial charge in [-0.2, -0.15) is 5.26 Å². The molecule has 0 fully saturated rings. The van der Waals surface area contributed by atoms with Gasteiger partial charge in [-0.1, -0.05) is 36.0 Å². The van der Waals surface area contributed by atoms with Gasteiger partial charge >= 0.3 is 0 Å². The van der Waals surface area contributed by atoms with Crippen molar-refractivity contribution in [1.29, 1.82) is 5.26 Å². The summed E-state index contributed by atoms with van der Waals surface area (Å²) < 4.78 is 38.3. The molecule has 0 aliphatic rings. The van der Waals surface area contributed by atoms with Crippen LogP contribution in [0.15, 0.2) is 85.2 Å². The van der Waals surface area contributed by atoms with Crippen LogP contribution in [-0.4, -0.2) is 15.1 Å². The van der Waals surface area contributed by atoms with Crippen molar-refractivity contribution >= 4 is 0 Å². The summed E-state index contributed by atoms with van der Waals surface area (Å²) in [7, 11) is 0. The minimum Gasteiger partial charge on any atom is -0.573 e. The average Bonchev–Trinajstić information content (AvgIpc) is 3.39. The molecule has 0 unspecified atom stereocenters. The van der Waals surface area contributed by atoms with Crippen molar-refractivity contribution in [2.24, 2.45) is 0 Å². The molecule has 1 radical (unpaired) electrons. The first-order valence-electron chi connectivity index (χ1n) is 9.95. The number of nitrogens with zero attached hydrogens (tertiary/aromatic N) is 5. The topological polar surface area (TPSA) is 76.6 Å². The van der Waals surface area contributed by atoms with E-state index in [1.807, 2.05) is 36.4 Å². The molecule has 175 valence electrons. The SMILES string of the molecule is Fc1[c-]c(-c2ccccn2)cc(F)c1F.N#Cc1ccc(-c2cc(-c3ccccn3)[n-]n2)cc1.[Ir]. The first-order chi connectivity index (χ1) is 16.5. The molecule has 9 heteroatoms. The predicted octanol–water partition coefficient (Wildman–Crippen LogP) is 5.60. The van der Waals surface area contributed by atoms with E-state index in [0.29, 0.717) is 11.3 Å². The van der Waals surface area contributed by atoms with Crippen LogP contribution in [0.3, 0.4) is 0 Å². The Labute approximate surface area is 212 Å². The molecular formula is C26H14F3IrN5-2. The van der Waals surface area contributed by atoms with Crippen LogP contribution >= 0.6 is 0 Å². The average molecular weight is 646 g/mol. The molecule has 0 bridgehead atoms. The van der Waals surface area contributed by atoms with Crippen molar-refractivity contribution in [3.05, 3.63) is 114 Å². The van der Waals surface area contributed by atoms with E-state index in [9.17, 15) is 13.2 Å². The van der Waals surface area contributed by atoms with Gasteiger partial charge < -0.3 is 15.2 Å². The fraction of sp³-hybridized carbons (Fsp3) is 0. The number of hydrogen-bond donors (Lipinski definition) is 0. The smallest absolute Gasteiger partial charge is 0.108 e. The van der Waals surface area contributed by atoms with E-state index >= 15 is 0 Å². The van der Waals surface area contributed by atoms with E-state index < -0.39 is 17.5 Å². The molecule has 5 nitrogen and oxygen atoms in total. The zero-order chi connectivity index (χ0) is 23.9. The minimum absolute atomic E-state index is 0. The zero-order valence-electron chi connectivity index (χ0n) is 17.8.